The number of alkyl halides is 3. The van der Waals surface area contributed by atoms with Crippen molar-refractivity contribution in [2.45, 2.75) is 38.4 Å². The molecule has 0 unspecified atom stereocenters. The van der Waals surface area contributed by atoms with Crippen LogP contribution in [-0.2, 0) is 6.18 Å². The van der Waals surface area contributed by atoms with Crippen molar-refractivity contribution in [3.05, 3.63) is 35.1 Å². The molecule has 1 aromatic carbocycles. The van der Waals surface area contributed by atoms with E-state index in [2.05, 4.69) is 0 Å². The molecule has 2 N–H and O–H groups in total. The molecule has 0 saturated carbocycles. The number of rotatable bonds is 4. The summed E-state index contributed by atoms with van der Waals surface area (Å²) in [7, 11) is 0. The van der Waals surface area contributed by atoms with Crippen LogP contribution in [0.5, 0.6) is 0 Å². The van der Waals surface area contributed by atoms with Crippen molar-refractivity contribution in [1.29, 1.82) is 0 Å². The van der Waals surface area contributed by atoms with E-state index in [1.807, 2.05) is 6.92 Å². The van der Waals surface area contributed by atoms with Gasteiger partial charge in [-0.25, -0.2) is 4.39 Å². The number of halogens is 4. The minimum Gasteiger partial charge on any atom is -0.324 e. The first-order valence-corrected chi connectivity index (χ1v) is 5.48. The van der Waals surface area contributed by atoms with Gasteiger partial charge in [0.05, 0.1) is 5.56 Å². The maximum absolute atomic E-state index is 13.0. The van der Waals surface area contributed by atoms with Crippen molar-refractivity contribution < 1.29 is 17.6 Å². The van der Waals surface area contributed by atoms with E-state index in [0.29, 0.717) is 6.42 Å². The second-order valence-electron chi connectivity index (χ2n) is 3.98. The normalized spacial score (nSPS) is 13.8. The Morgan fingerprint density at radius 2 is 1.94 bits per heavy atom. The Morgan fingerprint density at radius 1 is 1.29 bits per heavy atom. The molecule has 17 heavy (non-hydrogen) atoms. The number of unbranched alkanes of at least 4 members (excludes halogenated alkanes) is 1. The lowest BCUT2D eigenvalue weighted by molar-refractivity contribution is -0.138. The quantitative estimate of drug-likeness (QED) is 0.801. The molecule has 5 heteroatoms. The predicted octanol–water partition coefficient (Wildman–Crippen LogP) is 4.03. The summed E-state index contributed by atoms with van der Waals surface area (Å²) < 4.78 is 51.0. The molecule has 1 nitrogen and oxygen atoms in total. The lowest BCUT2D eigenvalue weighted by Crippen LogP contribution is -2.17. The second kappa shape index (κ2) is 5.49. The van der Waals surface area contributed by atoms with Gasteiger partial charge in [0.15, 0.2) is 0 Å². The van der Waals surface area contributed by atoms with Gasteiger partial charge in [-0.2, -0.15) is 13.2 Å². The highest BCUT2D eigenvalue weighted by Crippen LogP contribution is 2.35. The van der Waals surface area contributed by atoms with E-state index < -0.39 is 23.6 Å². The third kappa shape index (κ3) is 3.70. The van der Waals surface area contributed by atoms with Crippen LogP contribution >= 0.6 is 0 Å². The highest BCUT2D eigenvalue weighted by molar-refractivity contribution is 5.32. The Labute approximate surface area is 97.6 Å². The Morgan fingerprint density at radius 3 is 2.47 bits per heavy atom. The van der Waals surface area contributed by atoms with Gasteiger partial charge in [0.25, 0.3) is 0 Å². The van der Waals surface area contributed by atoms with Gasteiger partial charge in [-0.05, 0) is 30.2 Å². The Bertz CT molecular complexity index is 373. The van der Waals surface area contributed by atoms with Crippen LogP contribution in [0, 0.1) is 5.82 Å². The average molecular weight is 249 g/mol. The third-order valence-electron chi connectivity index (χ3n) is 2.59. The molecule has 0 heterocycles. The molecular formula is C12H15F4N. The van der Waals surface area contributed by atoms with E-state index in [1.54, 1.807) is 0 Å². The van der Waals surface area contributed by atoms with Gasteiger partial charge < -0.3 is 5.73 Å². The molecule has 1 rings (SSSR count). The summed E-state index contributed by atoms with van der Waals surface area (Å²) in [5, 5.41) is 0. The van der Waals surface area contributed by atoms with Gasteiger partial charge in [-0.3, -0.25) is 0 Å². The van der Waals surface area contributed by atoms with E-state index in [1.165, 1.54) is 0 Å². The Balaban J connectivity index is 3.07. The molecule has 0 fully saturated rings. The first kappa shape index (κ1) is 14.0. The van der Waals surface area contributed by atoms with Crippen LogP contribution in [0.15, 0.2) is 18.2 Å². The van der Waals surface area contributed by atoms with E-state index in [-0.39, 0.29) is 5.56 Å². The number of hydrogen-bond donors (Lipinski definition) is 1. The van der Waals surface area contributed by atoms with E-state index in [9.17, 15) is 17.6 Å². The maximum Gasteiger partial charge on any atom is 0.416 e. The molecule has 0 radical (unpaired) electrons. The lowest BCUT2D eigenvalue weighted by Gasteiger charge is -2.18. The van der Waals surface area contributed by atoms with Crippen LogP contribution in [0.4, 0.5) is 17.6 Å². The number of hydrogen-bond acceptors (Lipinski definition) is 1. The molecule has 0 aromatic heterocycles. The van der Waals surface area contributed by atoms with Crippen LogP contribution < -0.4 is 5.73 Å². The fraction of sp³-hybridized carbons (Fsp3) is 0.500. The first-order chi connectivity index (χ1) is 7.86. The average Bonchev–Trinajstić information content (AvgIpc) is 2.24. The van der Waals surface area contributed by atoms with Crippen LogP contribution in [-0.4, -0.2) is 0 Å². The van der Waals surface area contributed by atoms with Crippen molar-refractivity contribution in [2.24, 2.45) is 5.73 Å². The first-order valence-electron chi connectivity index (χ1n) is 5.48. The van der Waals surface area contributed by atoms with Crippen molar-refractivity contribution in [3.63, 3.8) is 0 Å². The van der Waals surface area contributed by atoms with Crippen LogP contribution in [0.25, 0.3) is 0 Å². The molecule has 0 amide bonds. The minimum atomic E-state index is -4.49. The minimum absolute atomic E-state index is 0.161. The van der Waals surface area contributed by atoms with Crippen LogP contribution in [0.3, 0.4) is 0 Å². The van der Waals surface area contributed by atoms with E-state index in [0.717, 1.165) is 31.0 Å². The van der Waals surface area contributed by atoms with Gasteiger partial charge in [0.1, 0.15) is 5.82 Å². The Hall–Kier alpha value is -1.10. The van der Waals surface area contributed by atoms with Gasteiger partial charge >= 0.3 is 6.18 Å². The van der Waals surface area contributed by atoms with Crippen molar-refractivity contribution in [2.75, 3.05) is 0 Å². The molecule has 1 atom stereocenters. The van der Waals surface area contributed by atoms with Crippen molar-refractivity contribution in [1.82, 2.24) is 0 Å². The van der Waals surface area contributed by atoms with Crippen molar-refractivity contribution in [3.8, 4) is 0 Å². The zero-order valence-electron chi connectivity index (χ0n) is 9.52. The predicted molar refractivity (Wildman–Crippen MR) is 57.9 cm³/mol. The second-order valence-corrected chi connectivity index (χ2v) is 3.98. The van der Waals surface area contributed by atoms with Crippen LogP contribution in [0.2, 0.25) is 0 Å². The summed E-state index contributed by atoms with van der Waals surface area (Å²) in [6.07, 6.45) is -2.52. The topological polar surface area (TPSA) is 26.0 Å². The van der Waals surface area contributed by atoms with Crippen LogP contribution in [0.1, 0.15) is 43.4 Å². The number of nitrogens with two attached hydrogens (primary N) is 1. The summed E-state index contributed by atoms with van der Waals surface area (Å²) in [5.74, 6) is -0.694. The molecule has 0 aliphatic heterocycles. The fourth-order valence-electron chi connectivity index (χ4n) is 1.68. The zero-order valence-corrected chi connectivity index (χ0v) is 9.52. The summed E-state index contributed by atoms with van der Waals surface area (Å²) >= 11 is 0. The van der Waals surface area contributed by atoms with E-state index >= 15 is 0 Å². The molecule has 0 aliphatic rings. The highest BCUT2D eigenvalue weighted by atomic mass is 19.4. The van der Waals surface area contributed by atoms with Gasteiger partial charge in [0, 0.05) is 6.04 Å². The van der Waals surface area contributed by atoms with E-state index in [4.69, 9.17) is 5.73 Å². The zero-order chi connectivity index (χ0) is 13.1. The van der Waals surface area contributed by atoms with Crippen molar-refractivity contribution >= 4 is 0 Å². The molecule has 1 aromatic rings. The summed E-state index contributed by atoms with van der Waals surface area (Å²) in [4.78, 5) is 0. The third-order valence-corrected chi connectivity index (χ3v) is 2.59. The number of benzene rings is 1. The monoisotopic (exact) mass is 249 g/mol. The molecule has 0 saturated heterocycles. The van der Waals surface area contributed by atoms with Gasteiger partial charge in [-0.15, -0.1) is 0 Å². The lowest BCUT2D eigenvalue weighted by atomic mass is 9.96. The molecule has 0 aliphatic carbocycles. The molecule has 0 spiro atoms. The standard InChI is InChI=1S/C12H15F4N/c1-2-3-4-11(17)9-7-8(13)5-6-10(9)12(14,15)16/h5-7,11H,2-4,17H2,1H3/t11-/m0/s1. The summed E-state index contributed by atoms with van der Waals surface area (Å²) in [6, 6.07) is 1.65. The van der Waals surface area contributed by atoms with Gasteiger partial charge in [-0.1, -0.05) is 19.8 Å². The molecule has 0 bridgehead atoms. The summed E-state index contributed by atoms with van der Waals surface area (Å²) in [5.41, 5.74) is 4.67. The summed E-state index contributed by atoms with van der Waals surface area (Å²) in [6.45, 7) is 1.92. The Kier molecular flexibility index (Phi) is 4.51. The molecular weight excluding hydrogens is 234 g/mol. The smallest absolute Gasteiger partial charge is 0.324 e. The molecule has 96 valence electrons. The maximum atomic E-state index is 13.0. The van der Waals surface area contributed by atoms with Gasteiger partial charge in [0.2, 0.25) is 0 Å². The highest BCUT2D eigenvalue weighted by Gasteiger charge is 2.34. The fourth-order valence-corrected chi connectivity index (χ4v) is 1.68. The SMILES string of the molecule is CCCC[C@H](N)c1cc(F)ccc1C(F)(F)F. The largest absolute Gasteiger partial charge is 0.416 e.